The first kappa shape index (κ1) is 15.9. The molecule has 0 rings (SSSR count). The molecule has 0 aromatic rings. The molecule has 0 aromatic heterocycles. The van der Waals surface area contributed by atoms with Crippen molar-refractivity contribution in [3.05, 3.63) is 0 Å². The van der Waals surface area contributed by atoms with Gasteiger partial charge in [-0.1, -0.05) is 13.8 Å². The summed E-state index contributed by atoms with van der Waals surface area (Å²) in [5, 5.41) is 3.55. The lowest BCUT2D eigenvalue weighted by atomic mass is 9.99. The summed E-state index contributed by atoms with van der Waals surface area (Å²) in [6, 6.07) is 0.442. The zero-order chi connectivity index (χ0) is 12.4. The maximum absolute atomic E-state index is 5.70. The average molecular weight is 231 g/mol. The van der Waals surface area contributed by atoms with Gasteiger partial charge in [-0.2, -0.15) is 0 Å². The van der Waals surface area contributed by atoms with Crippen LogP contribution in [0.3, 0.4) is 0 Å². The molecule has 2 unspecified atom stereocenters. The van der Waals surface area contributed by atoms with E-state index >= 15 is 0 Å². The van der Waals surface area contributed by atoms with E-state index in [-0.39, 0.29) is 0 Å². The first-order valence-electron chi connectivity index (χ1n) is 6.45. The second kappa shape index (κ2) is 10.1. The molecule has 0 fully saturated rings. The maximum atomic E-state index is 5.70. The van der Waals surface area contributed by atoms with Gasteiger partial charge in [0.15, 0.2) is 0 Å². The van der Waals surface area contributed by atoms with E-state index in [1.54, 1.807) is 7.11 Å². The highest BCUT2D eigenvalue weighted by molar-refractivity contribution is 4.73. The van der Waals surface area contributed by atoms with Crippen molar-refractivity contribution in [1.82, 2.24) is 5.32 Å². The van der Waals surface area contributed by atoms with Gasteiger partial charge in [0, 0.05) is 19.8 Å². The predicted molar refractivity (Wildman–Crippen MR) is 68.8 cm³/mol. The Morgan fingerprint density at radius 1 is 1.19 bits per heavy atom. The second-order valence-electron chi connectivity index (χ2n) is 4.70. The third kappa shape index (κ3) is 8.08. The first-order chi connectivity index (χ1) is 7.61. The highest BCUT2D eigenvalue weighted by atomic mass is 16.5. The smallest absolute Gasteiger partial charge is 0.0625 e. The molecule has 0 bridgehead atoms. The molecule has 0 aliphatic rings. The largest absolute Gasteiger partial charge is 0.385 e. The zero-order valence-electron chi connectivity index (χ0n) is 11.6. The van der Waals surface area contributed by atoms with E-state index in [1.807, 2.05) is 0 Å². The molecule has 3 nitrogen and oxygen atoms in total. The normalized spacial score (nSPS) is 15.4. The van der Waals surface area contributed by atoms with E-state index in [0.29, 0.717) is 18.1 Å². The van der Waals surface area contributed by atoms with Crippen LogP contribution in [-0.4, -0.2) is 39.0 Å². The van der Waals surface area contributed by atoms with E-state index in [9.17, 15) is 0 Å². The first-order valence-corrected chi connectivity index (χ1v) is 6.45. The molecule has 0 aliphatic heterocycles. The van der Waals surface area contributed by atoms with Gasteiger partial charge in [0.2, 0.25) is 0 Å². The fraction of sp³-hybridized carbons (Fsp3) is 1.00. The number of hydrogen-bond acceptors (Lipinski definition) is 3. The van der Waals surface area contributed by atoms with Crippen molar-refractivity contribution in [2.45, 2.75) is 52.7 Å². The van der Waals surface area contributed by atoms with Gasteiger partial charge in [0.1, 0.15) is 0 Å². The Bertz CT molecular complexity index is 151. The second-order valence-corrected chi connectivity index (χ2v) is 4.70. The standard InChI is InChI=1S/C13H29NO2/c1-6-8-14-13(10-16-11(2)3)12(4)7-9-15-5/h11-14H,6-10H2,1-5H3. The molecular weight excluding hydrogens is 202 g/mol. The summed E-state index contributed by atoms with van der Waals surface area (Å²) in [5.41, 5.74) is 0. The average Bonchev–Trinajstić information content (AvgIpc) is 2.25. The zero-order valence-corrected chi connectivity index (χ0v) is 11.6. The van der Waals surface area contributed by atoms with Gasteiger partial charge >= 0.3 is 0 Å². The summed E-state index contributed by atoms with van der Waals surface area (Å²) in [6.45, 7) is 11.3. The van der Waals surface area contributed by atoms with Crippen LogP contribution in [0.1, 0.15) is 40.5 Å². The van der Waals surface area contributed by atoms with E-state index in [4.69, 9.17) is 9.47 Å². The van der Waals surface area contributed by atoms with E-state index in [2.05, 4.69) is 33.0 Å². The third-order valence-electron chi connectivity index (χ3n) is 2.73. The molecule has 0 saturated carbocycles. The van der Waals surface area contributed by atoms with Crippen molar-refractivity contribution in [2.24, 2.45) is 5.92 Å². The summed E-state index contributed by atoms with van der Waals surface area (Å²) >= 11 is 0. The van der Waals surface area contributed by atoms with Crippen LogP contribution in [0.5, 0.6) is 0 Å². The van der Waals surface area contributed by atoms with Gasteiger partial charge in [-0.15, -0.1) is 0 Å². The topological polar surface area (TPSA) is 30.5 Å². The lowest BCUT2D eigenvalue weighted by Gasteiger charge is -2.26. The summed E-state index contributed by atoms with van der Waals surface area (Å²) in [6.07, 6.45) is 2.55. The van der Waals surface area contributed by atoms with Crippen LogP contribution in [-0.2, 0) is 9.47 Å². The van der Waals surface area contributed by atoms with Gasteiger partial charge in [-0.3, -0.25) is 0 Å². The minimum atomic E-state index is 0.306. The fourth-order valence-corrected chi connectivity index (χ4v) is 1.56. The molecule has 1 N–H and O–H groups in total. The van der Waals surface area contributed by atoms with Gasteiger partial charge < -0.3 is 14.8 Å². The van der Waals surface area contributed by atoms with Crippen LogP contribution < -0.4 is 5.32 Å². The quantitative estimate of drug-likeness (QED) is 0.626. The van der Waals surface area contributed by atoms with Crippen molar-refractivity contribution in [3.63, 3.8) is 0 Å². The van der Waals surface area contributed by atoms with Crippen molar-refractivity contribution in [1.29, 1.82) is 0 Å². The lowest BCUT2D eigenvalue weighted by molar-refractivity contribution is 0.0455. The van der Waals surface area contributed by atoms with Crippen LogP contribution in [0.15, 0.2) is 0 Å². The molecular formula is C13H29NO2. The number of methoxy groups -OCH3 is 1. The number of hydrogen-bond donors (Lipinski definition) is 1. The van der Waals surface area contributed by atoms with Gasteiger partial charge in [-0.25, -0.2) is 0 Å². The van der Waals surface area contributed by atoms with Crippen LogP contribution in [0, 0.1) is 5.92 Å². The highest BCUT2D eigenvalue weighted by Crippen LogP contribution is 2.10. The predicted octanol–water partition coefficient (Wildman–Crippen LogP) is 2.45. The molecule has 98 valence electrons. The SMILES string of the molecule is CCCNC(COC(C)C)C(C)CCOC. The monoisotopic (exact) mass is 231 g/mol. The number of ether oxygens (including phenoxy) is 2. The third-order valence-corrected chi connectivity index (χ3v) is 2.73. The highest BCUT2D eigenvalue weighted by Gasteiger charge is 2.16. The van der Waals surface area contributed by atoms with Crippen molar-refractivity contribution in [3.8, 4) is 0 Å². The summed E-state index contributed by atoms with van der Waals surface area (Å²) in [7, 11) is 1.76. The number of rotatable bonds is 10. The minimum Gasteiger partial charge on any atom is -0.385 e. The molecule has 0 aliphatic carbocycles. The Morgan fingerprint density at radius 2 is 1.88 bits per heavy atom. The maximum Gasteiger partial charge on any atom is 0.0625 e. The molecule has 16 heavy (non-hydrogen) atoms. The molecule has 0 saturated heterocycles. The Labute approximate surface area is 101 Å². The minimum absolute atomic E-state index is 0.306. The molecule has 0 spiro atoms. The van der Waals surface area contributed by atoms with E-state index in [0.717, 1.165) is 32.6 Å². The van der Waals surface area contributed by atoms with Crippen LogP contribution in [0.2, 0.25) is 0 Å². The summed E-state index contributed by atoms with van der Waals surface area (Å²) in [4.78, 5) is 0. The molecule has 3 heteroatoms. The molecule has 0 aromatic carbocycles. The molecule has 0 radical (unpaired) electrons. The number of nitrogens with one attached hydrogen (secondary N) is 1. The Balaban J connectivity index is 3.95. The Kier molecular flexibility index (Phi) is 9.99. The van der Waals surface area contributed by atoms with Crippen molar-refractivity contribution < 1.29 is 9.47 Å². The molecule has 0 amide bonds. The molecule has 2 atom stereocenters. The van der Waals surface area contributed by atoms with Crippen LogP contribution >= 0.6 is 0 Å². The van der Waals surface area contributed by atoms with E-state index in [1.165, 1.54) is 0 Å². The van der Waals surface area contributed by atoms with Crippen molar-refractivity contribution in [2.75, 3.05) is 26.9 Å². The lowest BCUT2D eigenvalue weighted by Crippen LogP contribution is -2.40. The van der Waals surface area contributed by atoms with E-state index < -0.39 is 0 Å². The fourth-order valence-electron chi connectivity index (χ4n) is 1.56. The van der Waals surface area contributed by atoms with Crippen molar-refractivity contribution >= 4 is 0 Å². The molecule has 0 heterocycles. The Hall–Kier alpha value is -0.120. The Morgan fingerprint density at radius 3 is 2.38 bits per heavy atom. The van der Waals surface area contributed by atoms with Crippen LogP contribution in [0.25, 0.3) is 0 Å². The van der Waals surface area contributed by atoms with Gasteiger partial charge in [-0.05, 0) is 39.2 Å². The van der Waals surface area contributed by atoms with Gasteiger partial charge in [0.25, 0.3) is 0 Å². The summed E-state index contributed by atoms with van der Waals surface area (Å²) in [5.74, 6) is 0.588. The van der Waals surface area contributed by atoms with Gasteiger partial charge in [0.05, 0.1) is 12.7 Å². The summed E-state index contributed by atoms with van der Waals surface area (Å²) < 4.78 is 10.8. The van der Waals surface area contributed by atoms with Crippen LogP contribution in [0.4, 0.5) is 0 Å².